The molecule has 2 aliphatic rings. The quantitative estimate of drug-likeness (QED) is 0.0623. The Labute approximate surface area is 275 Å². The number of amides is 2. The van der Waals surface area contributed by atoms with Gasteiger partial charge in [0.15, 0.2) is 10.8 Å². The van der Waals surface area contributed by atoms with Crippen LogP contribution in [-0.2, 0) is 30.6 Å². The number of pyridine rings is 1. The van der Waals surface area contributed by atoms with Gasteiger partial charge in [-0.3, -0.25) is 14.5 Å². The van der Waals surface area contributed by atoms with Crippen LogP contribution in [0.1, 0.15) is 26.7 Å². The smallest absolute Gasteiger partial charge is 1.00 e. The zero-order valence-corrected chi connectivity index (χ0v) is 26.7. The summed E-state index contributed by atoms with van der Waals surface area (Å²) in [6.45, 7) is 2.60. The maximum Gasteiger partial charge on any atom is 1.00 e. The van der Waals surface area contributed by atoms with Gasteiger partial charge in [0.25, 0.3) is 17.5 Å². The molecule has 18 heteroatoms. The number of nitrogen functional groups attached to an aromatic ring is 1. The van der Waals surface area contributed by atoms with Crippen molar-refractivity contribution in [1.29, 1.82) is 5.26 Å². The van der Waals surface area contributed by atoms with Crippen molar-refractivity contribution >= 4 is 63.3 Å². The molecule has 43 heavy (non-hydrogen) atoms. The van der Waals surface area contributed by atoms with Gasteiger partial charge in [-0.05, 0) is 19.9 Å². The topological polar surface area (TPSA) is 217 Å². The van der Waals surface area contributed by atoms with Gasteiger partial charge in [0.05, 0.1) is 6.20 Å². The molecule has 3 aromatic rings. The number of oxime groups is 1. The molecule has 2 atom stereocenters. The summed E-state index contributed by atoms with van der Waals surface area (Å²) in [6.07, 6.45) is 3.33. The molecule has 1 saturated heterocycles. The van der Waals surface area contributed by atoms with Crippen LogP contribution in [0.15, 0.2) is 52.4 Å². The van der Waals surface area contributed by atoms with Crippen LogP contribution in [0.25, 0.3) is 5.65 Å². The number of nitrogens with one attached hydrogen (secondary N) is 1. The van der Waals surface area contributed by atoms with Crippen molar-refractivity contribution in [3.05, 3.63) is 58.6 Å². The maximum absolute atomic E-state index is 13.3. The standard InChI is InChI=1S/C25H22N8O7S2.Na.H/c1-25(2,23(38)39)40-30-16(14-11-42-24(27)28-14)19(34)29-17-20(35)33-18(22(36)37)12(10-41-21(17)33)8-31-9-13(7-26)32-6-4-3-5-15(31)32;;/h3-6,9,11,17,21H,8,10H2,1-2H3,(H4-,27,28,29,34,36,37,38,39);;/q;+1;-1/p+1/b30-16-;;/t17-,21-;;/m1../s1. The van der Waals surface area contributed by atoms with Crippen molar-refractivity contribution in [1.82, 2.24) is 19.6 Å². The summed E-state index contributed by atoms with van der Waals surface area (Å²) in [5.41, 5.74) is 4.82. The van der Waals surface area contributed by atoms with Crippen LogP contribution < -0.4 is 45.2 Å². The number of thioether (sulfide) groups is 1. The summed E-state index contributed by atoms with van der Waals surface area (Å²) in [6, 6.07) is 6.36. The van der Waals surface area contributed by atoms with Crippen LogP contribution in [0, 0.1) is 11.3 Å². The number of nitrogens with two attached hydrogens (primary N) is 1. The van der Waals surface area contributed by atoms with E-state index in [2.05, 4.69) is 21.5 Å². The molecule has 5 rings (SSSR count). The number of nitriles is 1. The van der Waals surface area contributed by atoms with Gasteiger partial charge in [-0.2, -0.15) is 9.66 Å². The number of carboxylic acid groups (broad SMARTS) is 2. The first kappa shape index (κ1) is 32.0. The molecule has 5 heterocycles. The largest absolute Gasteiger partial charge is 1.00 e. The Hall–Kier alpha value is -3.95. The van der Waals surface area contributed by atoms with Crippen LogP contribution in [0.5, 0.6) is 0 Å². The number of nitrogens with zero attached hydrogens (tertiary/aromatic N) is 6. The molecule has 15 nitrogen and oxygen atoms in total. The second kappa shape index (κ2) is 12.3. The van der Waals surface area contributed by atoms with Crippen LogP contribution >= 0.6 is 23.1 Å². The van der Waals surface area contributed by atoms with Crippen molar-refractivity contribution < 1.29 is 69.8 Å². The summed E-state index contributed by atoms with van der Waals surface area (Å²) in [5, 5.41) is 36.0. The molecule has 3 aromatic heterocycles. The normalized spacial score (nSPS) is 18.3. The average Bonchev–Trinajstić information content (AvgIpc) is 3.54. The first-order valence-electron chi connectivity index (χ1n) is 12.2. The Morgan fingerprint density at radius 2 is 2.12 bits per heavy atom. The van der Waals surface area contributed by atoms with Crippen LogP contribution in [-0.4, -0.2) is 76.7 Å². The van der Waals surface area contributed by atoms with Crippen LogP contribution in [0.4, 0.5) is 5.13 Å². The van der Waals surface area contributed by atoms with Crippen molar-refractivity contribution in [3.63, 3.8) is 0 Å². The first-order valence-corrected chi connectivity index (χ1v) is 14.2. The second-order valence-corrected chi connectivity index (χ2v) is 11.7. The molecular formula is C25H24N8NaO7S2+. The molecule has 0 aromatic carbocycles. The van der Waals surface area contributed by atoms with E-state index in [9.17, 15) is 34.7 Å². The fourth-order valence-electron chi connectivity index (χ4n) is 4.38. The number of carbonyl (C=O) groups excluding carboxylic acids is 2. The van der Waals surface area contributed by atoms with Gasteiger partial charge in [0.1, 0.15) is 41.6 Å². The second-order valence-electron chi connectivity index (χ2n) is 9.72. The number of hydrogen-bond acceptors (Lipinski definition) is 11. The van der Waals surface area contributed by atoms with Gasteiger partial charge < -0.3 is 27.5 Å². The van der Waals surface area contributed by atoms with Crippen LogP contribution in [0.2, 0.25) is 0 Å². The molecule has 218 valence electrons. The molecule has 5 N–H and O–H groups in total. The minimum atomic E-state index is -1.77. The minimum Gasteiger partial charge on any atom is -1.00 e. The molecule has 0 unspecified atom stereocenters. The van der Waals surface area contributed by atoms with E-state index in [-0.39, 0.29) is 59.8 Å². The van der Waals surface area contributed by atoms with E-state index in [0.717, 1.165) is 16.2 Å². The van der Waals surface area contributed by atoms with E-state index in [1.54, 1.807) is 39.6 Å². The predicted octanol–water partition coefficient (Wildman–Crippen LogP) is -2.72. The van der Waals surface area contributed by atoms with Crippen LogP contribution in [0.3, 0.4) is 0 Å². The molecular weight excluding hydrogens is 611 g/mol. The van der Waals surface area contributed by atoms with Crippen molar-refractivity contribution in [2.45, 2.75) is 37.4 Å². The number of hydrogen-bond donors (Lipinski definition) is 4. The molecule has 0 saturated carbocycles. The molecule has 0 aliphatic carbocycles. The van der Waals surface area contributed by atoms with Gasteiger partial charge >= 0.3 is 41.5 Å². The SMILES string of the molecule is CC(C)(O/N=C(\C(=O)N[C@@H]1C(=O)N2C(C(=O)O)=C(C[n+]3cc(C#N)n4ccccc43)CS[C@H]12)c1csc(N)n1)C(=O)O.[H-].[Na+]. The van der Waals surface area contributed by atoms with Crippen molar-refractivity contribution in [2.24, 2.45) is 5.16 Å². The Kier molecular flexibility index (Phi) is 9.18. The van der Waals surface area contributed by atoms with E-state index >= 15 is 0 Å². The number of thiazole rings is 1. The monoisotopic (exact) mass is 635 g/mol. The fraction of sp³-hybridized carbons (Fsp3) is 0.280. The number of carbonyl (C=O) groups is 4. The number of anilines is 1. The number of aliphatic carboxylic acids is 2. The number of fused-ring (bicyclic) bond motifs is 2. The van der Waals surface area contributed by atoms with Crippen molar-refractivity contribution in [3.8, 4) is 6.07 Å². The number of carboxylic acids is 2. The summed E-state index contributed by atoms with van der Waals surface area (Å²) in [4.78, 5) is 60.5. The summed E-state index contributed by atoms with van der Waals surface area (Å²) in [5.74, 6) is -3.93. The third kappa shape index (κ3) is 5.96. The molecule has 0 radical (unpaired) electrons. The predicted molar refractivity (Wildman–Crippen MR) is 149 cm³/mol. The summed E-state index contributed by atoms with van der Waals surface area (Å²) < 4.78 is 3.42. The number of aromatic nitrogens is 3. The zero-order valence-electron chi connectivity index (χ0n) is 24.0. The third-order valence-electron chi connectivity index (χ3n) is 6.54. The third-order valence-corrected chi connectivity index (χ3v) is 8.56. The summed E-state index contributed by atoms with van der Waals surface area (Å²) >= 11 is 2.29. The van der Waals surface area contributed by atoms with Gasteiger partial charge in [0.2, 0.25) is 11.3 Å². The molecule has 1 fully saturated rings. The Morgan fingerprint density at radius 1 is 1.37 bits per heavy atom. The van der Waals surface area contributed by atoms with E-state index in [1.165, 1.54) is 31.0 Å². The number of β-lactam (4-membered cyclic amide) rings is 1. The molecule has 0 bridgehead atoms. The molecule has 2 aliphatic heterocycles. The Bertz CT molecular complexity index is 1770. The molecule has 0 spiro atoms. The maximum atomic E-state index is 13.3. The summed E-state index contributed by atoms with van der Waals surface area (Å²) in [7, 11) is 0. The fourth-order valence-corrected chi connectivity index (χ4v) is 6.26. The van der Waals surface area contributed by atoms with E-state index in [1.807, 2.05) is 0 Å². The van der Waals surface area contributed by atoms with Gasteiger partial charge in [0, 0.05) is 22.8 Å². The van der Waals surface area contributed by atoms with E-state index < -0.39 is 46.5 Å². The van der Waals surface area contributed by atoms with E-state index in [4.69, 9.17) is 10.6 Å². The average molecular weight is 636 g/mol. The Morgan fingerprint density at radius 3 is 2.74 bits per heavy atom. The molecule has 2 amide bonds. The van der Waals surface area contributed by atoms with Gasteiger partial charge in [-0.25, -0.2) is 19.1 Å². The number of imidazole rings is 1. The van der Waals surface area contributed by atoms with Gasteiger partial charge in [-0.1, -0.05) is 11.2 Å². The zero-order chi connectivity index (χ0) is 30.3. The first-order chi connectivity index (χ1) is 19.9. The Balaban J connectivity index is 0.00000264. The number of rotatable bonds is 9. The van der Waals surface area contributed by atoms with E-state index in [0.29, 0.717) is 16.9 Å². The minimum absolute atomic E-state index is 0. The van der Waals surface area contributed by atoms with Crippen molar-refractivity contribution in [2.75, 3.05) is 11.5 Å². The van der Waals surface area contributed by atoms with Gasteiger partial charge in [-0.15, -0.1) is 23.1 Å².